The van der Waals surface area contributed by atoms with Crippen LogP contribution in [0.15, 0.2) is 174 Å². The van der Waals surface area contributed by atoms with Crippen LogP contribution in [-0.4, -0.2) is 20.1 Å². The summed E-state index contributed by atoms with van der Waals surface area (Å²) in [6.07, 6.45) is 0. The Labute approximate surface area is 299 Å². The summed E-state index contributed by atoms with van der Waals surface area (Å²) in [5.41, 5.74) is 7.76. The molecule has 0 aliphatic rings. The molecule has 0 unspecified atom stereocenters. The van der Waals surface area contributed by atoms with Crippen LogP contribution in [0.4, 0.5) is 0 Å². The average molecular weight is 668 g/mol. The molecular weight excluding hydrogens is 639 g/mol. The molecule has 0 atom stereocenters. The summed E-state index contributed by atoms with van der Waals surface area (Å²) in [6, 6.07) is 57.2. The Morgan fingerprint density at radius 2 is 0.923 bits per heavy atom. The van der Waals surface area contributed by atoms with Crippen molar-refractivity contribution in [2.75, 3.05) is 0 Å². The van der Waals surface area contributed by atoms with E-state index < -0.39 is 0 Å². The van der Waals surface area contributed by atoms with Crippen molar-refractivity contribution in [2.45, 2.75) is 0 Å². The molecule has 0 aliphatic carbocycles. The molecule has 0 saturated carbocycles. The van der Waals surface area contributed by atoms with E-state index >= 15 is 0 Å². The fraction of sp³-hybridized carbons (Fsp3) is 0. The zero-order valence-corrected chi connectivity index (χ0v) is 27.9. The van der Waals surface area contributed by atoms with Crippen LogP contribution < -0.4 is 0 Å². The van der Waals surface area contributed by atoms with Crippen LogP contribution in [0.2, 0.25) is 0 Å². The molecule has 2 heterocycles. The second-order valence-electron chi connectivity index (χ2n) is 13.0. The van der Waals surface area contributed by atoms with Crippen molar-refractivity contribution in [3.63, 3.8) is 0 Å². The summed E-state index contributed by atoms with van der Waals surface area (Å²) in [5, 5.41) is 18.2. The van der Waals surface area contributed by atoms with Crippen LogP contribution >= 0.6 is 0 Å². The molecule has 0 spiro atoms. The topological polar surface area (TPSA) is 72.0 Å². The number of nitrogens with zero attached hydrogens (tertiary/aromatic N) is 3. The number of phenolic OH excluding ortho intramolecular Hbond substituents is 1. The molecule has 244 valence electrons. The molecule has 0 bridgehead atoms. The van der Waals surface area contributed by atoms with E-state index in [1.165, 1.54) is 0 Å². The number of benzene rings is 8. The molecule has 0 aliphatic heterocycles. The molecule has 0 amide bonds. The first-order valence-corrected chi connectivity index (χ1v) is 17.2. The second kappa shape index (κ2) is 12.0. The summed E-state index contributed by atoms with van der Waals surface area (Å²) in [5.74, 6) is 1.74. The Balaban J connectivity index is 1.14. The van der Waals surface area contributed by atoms with E-state index in [4.69, 9.17) is 19.4 Å². The predicted octanol–water partition coefficient (Wildman–Crippen LogP) is 12.1. The number of aromatic nitrogens is 3. The molecule has 0 saturated heterocycles. The third-order valence-electron chi connectivity index (χ3n) is 9.80. The second-order valence-corrected chi connectivity index (χ2v) is 13.0. The van der Waals surface area contributed by atoms with Crippen LogP contribution in [-0.2, 0) is 0 Å². The van der Waals surface area contributed by atoms with Crippen LogP contribution in [0.3, 0.4) is 0 Å². The van der Waals surface area contributed by atoms with Crippen LogP contribution in [0.5, 0.6) is 5.75 Å². The normalized spacial score (nSPS) is 11.5. The lowest BCUT2D eigenvalue weighted by Crippen LogP contribution is -2.01. The van der Waals surface area contributed by atoms with Crippen molar-refractivity contribution < 1.29 is 9.52 Å². The first-order valence-electron chi connectivity index (χ1n) is 17.2. The van der Waals surface area contributed by atoms with E-state index in [0.29, 0.717) is 28.6 Å². The Hall–Kier alpha value is -7.11. The quantitative estimate of drug-likeness (QED) is 0.198. The first-order chi connectivity index (χ1) is 25.6. The summed E-state index contributed by atoms with van der Waals surface area (Å²) >= 11 is 0. The monoisotopic (exact) mass is 667 g/mol. The van der Waals surface area contributed by atoms with Gasteiger partial charge in [-0.2, -0.15) is 0 Å². The van der Waals surface area contributed by atoms with Crippen LogP contribution in [0, 0.1) is 0 Å². The highest BCUT2D eigenvalue weighted by Gasteiger charge is 2.19. The summed E-state index contributed by atoms with van der Waals surface area (Å²) < 4.78 is 6.09. The summed E-state index contributed by atoms with van der Waals surface area (Å²) in [7, 11) is 0. The van der Waals surface area contributed by atoms with Gasteiger partial charge in [0.05, 0.1) is 0 Å². The lowest BCUT2D eigenvalue weighted by atomic mass is 9.94. The fourth-order valence-electron chi connectivity index (χ4n) is 7.20. The maximum absolute atomic E-state index is 11.5. The minimum atomic E-state index is 0.144. The number of phenols is 1. The van der Waals surface area contributed by atoms with Crippen LogP contribution in [0.1, 0.15) is 0 Å². The standard InChI is InChI=1S/C47H29N3O2/c51-41-17-8-16-39(44(41)35-14-7-13-33(25-35)34-23-24-43-40(28-34)38-15-5-6-18-42(38)52-43)47-49-45(36-21-19-29-9-1-3-11-31(29)26-36)48-46(50-47)37-22-20-30-10-2-4-12-32(30)27-37/h1-28,51H. The van der Waals surface area contributed by atoms with Crippen molar-refractivity contribution >= 4 is 43.5 Å². The minimum absolute atomic E-state index is 0.144. The first kappa shape index (κ1) is 29.8. The Kier molecular flexibility index (Phi) is 6.89. The Bertz CT molecular complexity index is 2900. The molecule has 10 rings (SSSR count). The van der Waals surface area contributed by atoms with Gasteiger partial charge in [0.1, 0.15) is 16.9 Å². The van der Waals surface area contributed by atoms with Gasteiger partial charge in [-0.3, -0.25) is 0 Å². The molecular formula is C47H29N3O2. The Morgan fingerprint density at radius 1 is 0.365 bits per heavy atom. The van der Waals surface area contributed by atoms with Gasteiger partial charge in [0.15, 0.2) is 17.5 Å². The van der Waals surface area contributed by atoms with Gasteiger partial charge in [-0.05, 0) is 80.7 Å². The SMILES string of the molecule is Oc1cccc(-c2nc(-c3ccc4ccccc4c3)nc(-c3ccc4ccccc4c3)n2)c1-c1cccc(-c2ccc3oc4ccccc4c3c2)c1. The van der Waals surface area contributed by atoms with Gasteiger partial charge >= 0.3 is 0 Å². The molecule has 5 heteroatoms. The van der Waals surface area contributed by atoms with Gasteiger partial charge in [0.2, 0.25) is 0 Å². The van der Waals surface area contributed by atoms with E-state index in [1.54, 1.807) is 6.07 Å². The van der Waals surface area contributed by atoms with E-state index in [2.05, 4.69) is 91.0 Å². The highest BCUT2D eigenvalue weighted by molar-refractivity contribution is 6.06. The lowest BCUT2D eigenvalue weighted by Gasteiger charge is -2.14. The average Bonchev–Trinajstić information content (AvgIpc) is 3.58. The van der Waals surface area contributed by atoms with Crippen molar-refractivity contribution in [1.29, 1.82) is 0 Å². The number of rotatable bonds is 5. The minimum Gasteiger partial charge on any atom is -0.507 e. The zero-order valence-electron chi connectivity index (χ0n) is 27.9. The van der Waals surface area contributed by atoms with Gasteiger partial charge in [0.25, 0.3) is 0 Å². The summed E-state index contributed by atoms with van der Waals surface area (Å²) in [6.45, 7) is 0. The molecule has 2 aromatic heterocycles. The highest BCUT2D eigenvalue weighted by atomic mass is 16.3. The predicted molar refractivity (Wildman–Crippen MR) is 211 cm³/mol. The van der Waals surface area contributed by atoms with E-state index in [0.717, 1.165) is 71.3 Å². The maximum Gasteiger partial charge on any atom is 0.164 e. The molecule has 8 aromatic carbocycles. The van der Waals surface area contributed by atoms with E-state index in [-0.39, 0.29) is 5.75 Å². The summed E-state index contributed by atoms with van der Waals surface area (Å²) in [4.78, 5) is 15.2. The van der Waals surface area contributed by atoms with Gasteiger partial charge in [-0.15, -0.1) is 0 Å². The van der Waals surface area contributed by atoms with Gasteiger partial charge in [-0.25, -0.2) is 15.0 Å². The van der Waals surface area contributed by atoms with E-state index in [1.807, 2.05) is 72.8 Å². The highest BCUT2D eigenvalue weighted by Crippen LogP contribution is 2.41. The smallest absolute Gasteiger partial charge is 0.164 e. The number of hydrogen-bond acceptors (Lipinski definition) is 5. The van der Waals surface area contributed by atoms with Crippen molar-refractivity contribution in [2.24, 2.45) is 0 Å². The lowest BCUT2D eigenvalue weighted by molar-refractivity contribution is 0.477. The van der Waals surface area contributed by atoms with Gasteiger partial charge < -0.3 is 9.52 Å². The molecule has 5 nitrogen and oxygen atoms in total. The van der Waals surface area contributed by atoms with Gasteiger partial charge in [-0.1, -0.05) is 127 Å². The third kappa shape index (κ3) is 5.15. The molecule has 10 aromatic rings. The number of para-hydroxylation sites is 1. The van der Waals surface area contributed by atoms with Crippen molar-refractivity contribution in [3.8, 4) is 62.2 Å². The van der Waals surface area contributed by atoms with E-state index in [9.17, 15) is 5.11 Å². The van der Waals surface area contributed by atoms with Crippen molar-refractivity contribution in [3.05, 3.63) is 170 Å². The third-order valence-corrected chi connectivity index (χ3v) is 9.80. The van der Waals surface area contributed by atoms with Gasteiger partial charge in [0, 0.05) is 33.0 Å². The largest absolute Gasteiger partial charge is 0.507 e. The molecule has 52 heavy (non-hydrogen) atoms. The fourth-order valence-corrected chi connectivity index (χ4v) is 7.20. The number of fused-ring (bicyclic) bond motifs is 5. The Morgan fingerprint density at radius 3 is 1.65 bits per heavy atom. The number of furan rings is 1. The molecule has 0 fully saturated rings. The van der Waals surface area contributed by atoms with Crippen molar-refractivity contribution in [1.82, 2.24) is 15.0 Å². The number of hydrogen-bond donors (Lipinski definition) is 1. The number of aromatic hydroxyl groups is 1. The maximum atomic E-state index is 11.5. The molecule has 0 radical (unpaired) electrons. The van der Waals surface area contributed by atoms with Crippen LogP contribution in [0.25, 0.3) is 99.9 Å². The zero-order chi connectivity index (χ0) is 34.6. The molecule has 1 N–H and O–H groups in total.